The normalized spacial score (nSPS) is 26.5. The summed E-state index contributed by atoms with van der Waals surface area (Å²) in [5.74, 6) is -0.283. The number of carbonyl (C=O) groups excluding carboxylic acids is 1. The maximum atomic E-state index is 12.1. The molecule has 2 atom stereocenters. The lowest BCUT2D eigenvalue weighted by Crippen LogP contribution is -2.43. The molecular formula is C16H28N2O3. The van der Waals surface area contributed by atoms with Crippen LogP contribution in [0.15, 0.2) is 0 Å². The van der Waals surface area contributed by atoms with Crippen molar-refractivity contribution in [3.8, 4) is 0 Å². The second-order valence-electron chi connectivity index (χ2n) is 6.71. The third-order valence-electron chi connectivity index (χ3n) is 5.10. The Bertz CT molecular complexity index is 367. The molecule has 2 rings (SSSR count). The van der Waals surface area contributed by atoms with E-state index in [4.69, 9.17) is 0 Å². The molecule has 2 fully saturated rings. The van der Waals surface area contributed by atoms with Crippen molar-refractivity contribution in [3.05, 3.63) is 0 Å². The van der Waals surface area contributed by atoms with Gasteiger partial charge in [-0.2, -0.15) is 0 Å². The number of carboxylic acid groups (broad SMARTS) is 1. The van der Waals surface area contributed by atoms with E-state index < -0.39 is 5.97 Å². The van der Waals surface area contributed by atoms with Gasteiger partial charge < -0.3 is 15.3 Å². The summed E-state index contributed by atoms with van der Waals surface area (Å²) >= 11 is 0. The molecule has 0 saturated heterocycles. The smallest absolute Gasteiger partial charge is 0.317 e. The number of aliphatic carboxylic acids is 1. The number of nitrogens with zero attached hydrogens (tertiary/aromatic N) is 1. The maximum absolute atomic E-state index is 12.1. The number of hydrogen-bond acceptors (Lipinski definition) is 2. The first-order chi connectivity index (χ1) is 10.1. The van der Waals surface area contributed by atoms with E-state index in [2.05, 4.69) is 5.32 Å². The highest BCUT2D eigenvalue weighted by Gasteiger charge is 2.31. The van der Waals surface area contributed by atoms with Crippen molar-refractivity contribution in [2.45, 2.75) is 51.4 Å². The number of amides is 2. The molecule has 0 aromatic heterocycles. The summed E-state index contributed by atoms with van der Waals surface area (Å²) in [5.41, 5.74) is 0. The summed E-state index contributed by atoms with van der Waals surface area (Å²) in [4.78, 5) is 25.1. The largest absolute Gasteiger partial charge is 0.481 e. The monoisotopic (exact) mass is 296 g/mol. The van der Waals surface area contributed by atoms with Crippen molar-refractivity contribution in [1.82, 2.24) is 10.2 Å². The molecule has 2 amide bonds. The van der Waals surface area contributed by atoms with Crippen molar-refractivity contribution in [3.63, 3.8) is 0 Å². The Hall–Kier alpha value is -1.26. The molecule has 5 heteroatoms. The second kappa shape index (κ2) is 7.66. The Kier molecular flexibility index (Phi) is 5.88. The van der Waals surface area contributed by atoms with E-state index in [1.54, 1.807) is 4.90 Å². The topological polar surface area (TPSA) is 69.6 Å². The first-order valence-electron chi connectivity index (χ1n) is 8.29. The molecule has 0 aromatic carbocycles. The molecule has 5 nitrogen and oxygen atoms in total. The lowest BCUT2D eigenvalue weighted by molar-refractivity contribution is -0.144. The molecule has 0 aliphatic heterocycles. The molecule has 2 N–H and O–H groups in total. The van der Waals surface area contributed by atoms with Gasteiger partial charge in [0.15, 0.2) is 0 Å². The minimum absolute atomic E-state index is 0.0587. The summed E-state index contributed by atoms with van der Waals surface area (Å²) in [6, 6.07) is -0.0587. The van der Waals surface area contributed by atoms with Gasteiger partial charge in [-0.05, 0) is 37.5 Å². The van der Waals surface area contributed by atoms with Gasteiger partial charge in [-0.15, -0.1) is 0 Å². The van der Waals surface area contributed by atoms with Gasteiger partial charge in [0, 0.05) is 20.1 Å². The molecule has 0 bridgehead atoms. The first kappa shape index (κ1) is 16.1. The average molecular weight is 296 g/mol. The summed E-state index contributed by atoms with van der Waals surface area (Å²) < 4.78 is 0. The van der Waals surface area contributed by atoms with Gasteiger partial charge in [-0.1, -0.05) is 25.7 Å². The second-order valence-corrected chi connectivity index (χ2v) is 6.71. The molecule has 0 radical (unpaired) electrons. The Morgan fingerprint density at radius 3 is 2.38 bits per heavy atom. The quantitative estimate of drug-likeness (QED) is 0.819. The number of carboxylic acids is 1. The molecule has 0 heterocycles. The van der Waals surface area contributed by atoms with Gasteiger partial charge in [0.05, 0.1) is 5.92 Å². The fourth-order valence-corrected chi connectivity index (χ4v) is 3.79. The Balaban J connectivity index is 1.75. The van der Waals surface area contributed by atoms with E-state index in [1.165, 1.54) is 25.7 Å². The molecule has 2 unspecified atom stereocenters. The van der Waals surface area contributed by atoms with Crippen molar-refractivity contribution in [1.29, 1.82) is 0 Å². The van der Waals surface area contributed by atoms with Crippen LogP contribution in [0, 0.1) is 17.8 Å². The minimum Gasteiger partial charge on any atom is -0.481 e. The molecule has 0 aromatic rings. The molecular weight excluding hydrogens is 268 g/mol. The van der Waals surface area contributed by atoms with Crippen LogP contribution in [0.4, 0.5) is 4.79 Å². The van der Waals surface area contributed by atoms with Crippen LogP contribution in [0.25, 0.3) is 0 Å². The van der Waals surface area contributed by atoms with Gasteiger partial charge in [-0.25, -0.2) is 4.79 Å². The van der Waals surface area contributed by atoms with Crippen molar-refractivity contribution >= 4 is 12.0 Å². The standard InChI is InChI=1S/C16H28N2O3/c1-18(11-12-6-2-3-7-12)16(21)17-10-13-8-4-5-9-14(13)15(19)20/h12-14H,2-11H2,1H3,(H,17,21)(H,19,20). The number of rotatable bonds is 5. The van der Waals surface area contributed by atoms with Gasteiger partial charge in [-0.3, -0.25) is 4.79 Å². The van der Waals surface area contributed by atoms with Crippen LogP contribution in [0.5, 0.6) is 0 Å². The Morgan fingerprint density at radius 1 is 1.10 bits per heavy atom. The molecule has 2 saturated carbocycles. The van der Waals surface area contributed by atoms with Crippen LogP contribution >= 0.6 is 0 Å². The van der Waals surface area contributed by atoms with Crippen LogP contribution in [0.1, 0.15) is 51.4 Å². The molecule has 2 aliphatic carbocycles. The average Bonchev–Trinajstić information content (AvgIpc) is 2.97. The van der Waals surface area contributed by atoms with E-state index in [-0.39, 0.29) is 17.9 Å². The molecule has 21 heavy (non-hydrogen) atoms. The Labute approximate surface area is 127 Å². The van der Waals surface area contributed by atoms with E-state index in [1.807, 2.05) is 7.05 Å². The number of nitrogens with one attached hydrogen (secondary N) is 1. The van der Waals surface area contributed by atoms with Crippen LogP contribution in [-0.2, 0) is 4.79 Å². The zero-order valence-corrected chi connectivity index (χ0v) is 13.0. The van der Waals surface area contributed by atoms with Crippen LogP contribution < -0.4 is 5.32 Å². The first-order valence-corrected chi connectivity index (χ1v) is 8.29. The van der Waals surface area contributed by atoms with E-state index in [0.717, 1.165) is 32.2 Å². The van der Waals surface area contributed by atoms with Crippen molar-refractivity contribution in [2.75, 3.05) is 20.1 Å². The summed E-state index contributed by atoms with van der Waals surface area (Å²) in [6.45, 7) is 1.31. The van der Waals surface area contributed by atoms with E-state index in [0.29, 0.717) is 12.5 Å². The van der Waals surface area contributed by atoms with E-state index in [9.17, 15) is 14.7 Å². The minimum atomic E-state index is -0.715. The zero-order valence-electron chi connectivity index (χ0n) is 13.0. The zero-order chi connectivity index (χ0) is 15.2. The molecule has 2 aliphatic rings. The number of carbonyl (C=O) groups is 2. The Morgan fingerprint density at radius 2 is 1.71 bits per heavy atom. The van der Waals surface area contributed by atoms with Gasteiger partial charge in [0.25, 0.3) is 0 Å². The lowest BCUT2D eigenvalue weighted by Gasteiger charge is -2.29. The predicted octanol–water partition coefficient (Wildman–Crippen LogP) is 2.71. The van der Waals surface area contributed by atoms with Gasteiger partial charge >= 0.3 is 12.0 Å². The third-order valence-corrected chi connectivity index (χ3v) is 5.10. The summed E-state index contributed by atoms with van der Waals surface area (Å²) in [7, 11) is 1.84. The van der Waals surface area contributed by atoms with Crippen molar-refractivity contribution < 1.29 is 14.7 Å². The number of hydrogen-bond donors (Lipinski definition) is 2. The van der Waals surface area contributed by atoms with Crippen LogP contribution in [-0.4, -0.2) is 42.1 Å². The third kappa shape index (κ3) is 4.61. The van der Waals surface area contributed by atoms with Crippen LogP contribution in [0.3, 0.4) is 0 Å². The van der Waals surface area contributed by atoms with Gasteiger partial charge in [0.2, 0.25) is 0 Å². The SMILES string of the molecule is CN(CC1CCCC1)C(=O)NCC1CCCCC1C(=O)O. The highest BCUT2D eigenvalue weighted by molar-refractivity contribution is 5.74. The molecule has 0 spiro atoms. The fourth-order valence-electron chi connectivity index (χ4n) is 3.79. The highest BCUT2D eigenvalue weighted by atomic mass is 16.4. The fraction of sp³-hybridized carbons (Fsp3) is 0.875. The molecule has 120 valence electrons. The summed E-state index contributed by atoms with van der Waals surface area (Å²) in [5, 5.41) is 12.2. The number of urea groups is 1. The maximum Gasteiger partial charge on any atom is 0.317 e. The van der Waals surface area contributed by atoms with Crippen LogP contribution in [0.2, 0.25) is 0 Å². The predicted molar refractivity (Wildman–Crippen MR) is 81.1 cm³/mol. The van der Waals surface area contributed by atoms with Gasteiger partial charge in [0.1, 0.15) is 0 Å². The van der Waals surface area contributed by atoms with Crippen molar-refractivity contribution in [2.24, 2.45) is 17.8 Å². The van der Waals surface area contributed by atoms with E-state index >= 15 is 0 Å². The lowest BCUT2D eigenvalue weighted by atomic mass is 9.79. The highest BCUT2D eigenvalue weighted by Crippen LogP contribution is 2.30. The summed E-state index contributed by atoms with van der Waals surface area (Å²) in [6.07, 6.45) is 8.72.